The summed E-state index contributed by atoms with van der Waals surface area (Å²) in [5.74, 6) is 0. The molecule has 1 aromatic carbocycles. The van der Waals surface area contributed by atoms with E-state index in [1.165, 1.54) is 16.7 Å². The molecule has 0 aromatic heterocycles. The van der Waals surface area contributed by atoms with Crippen molar-refractivity contribution in [3.05, 3.63) is 34.9 Å². The lowest BCUT2D eigenvalue weighted by atomic mass is 10.1. The Bertz CT molecular complexity index is 165. The Kier molecular flexibility index (Phi) is 3.51. The van der Waals surface area contributed by atoms with Crippen LogP contribution >= 0.6 is 13.5 Å². The number of rotatable bonds is 0. The molecular weight excluding hydrogens is 140 g/mol. The third-order valence-corrected chi connectivity index (χ3v) is 1.37. The van der Waals surface area contributed by atoms with E-state index in [-0.39, 0.29) is 13.5 Å². The fraction of sp³-hybridized carbons (Fsp3) is 0.333. The van der Waals surface area contributed by atoms with E-state index in [1.807, 2.05) is 0 Å². The first-order valence-corrected chi connectivity index (χ1v) is 3.23. The van der Waals surface area contributed by atoms with Gasteiger partial charge in [0, 0.05) is 0 Å². The second-order valence-electron chi connectivity index (χ2n) is 2.67. The number of aryl methyl sites for hydroxylation is 3. The largest absolute Gasteiger partial charge is 0.197 e. The van der Waals surface area contributed by atoms with E-state index in [4.69, 9.17) is 0 Å². The summed E-state index contributed by atoms with van der Waals surface area (Å²) in [5.41, 5.74) is 4.06. The van der Waals surface area contributed by atoms with Crippen LogP contribution in [0.15, 0.2) is 18.2 Å². The van der Waals surface area contributed by atoms with Gasteiger partial charge in [-0.05, 0) is 20.8 Å². The van der Waals surface area contributed by atoms with Crippen LogP contribution in [0.2, 0.25) is 0 Å². The molecule has 0 saturated carbocycles. The molecule has 1 rings (SSSR count). The Labute approximate surface area is 69.7 Å². The lowest BCUT2D eigenvalue weighted by Gasteiger charge is -1.96. The minimum atomic E-state index is 0. The Morgan fingerprint density at radius 1 is 0.700 bits per heavy atom. The van der Waals surface area contributed by atoms with Crippen LogP contribution in [0.5, 0.6) is 0 Å². The van der Waals surface area contributed by atoms with Gasteiger partial charge in [-0.15, -0.1) is 0 Å². The molecule has 0 atom stereocenters. The van der Waals surface area contributed by atoms with Gasteiger partial charge in [-0.3, -0.25) is 0 Å². The van der Waals surface area contributed by atoms with E-state index < -0.39 is 0 Å². The highest BCUT2D eigenvalue weighted by Gasteiger charge is 1.87. The van der Waals surface area contributed by atoms with Gasteiger partial charge in [0.25, 0.3) is 0 Å². The first-order valence-electron chi connectivity index (χ1n) is 3.23. The van der Waals surface area contributed by atoms with E-state index in [9.17, 15) is 0 Å². The molecule has 0 saturated heterocycles. The van der Waals surface area contributed by atoms with Crippen molar-refractivity contribution in [2.24, 2.45) is 0 Å². The van der Waals surface area contributed by atoms with Crippen molar-refractivity contribution < 1.29 is 0 Å². The Morgan fingerprint density at radius 3 is 1.10 bits per heavy atom. The quantitative estimate of drug-likeness (QED) is 0.539. The van der Waals surface area contributed by atoms with E-state index in [0.717, 1.165) is 0 Å². The standard InChI is InChI=1S/C9H12.H2S/c1-7-4-8(2)6-9(3)5-7;/h4-6H,1-3H3;1H2. The number of hydrogen-bond acceptors (Lipinski definition) is 0. The minimum Gasteiger partial charge on any atom is -0.197 e. The van der Waals surface area contributed by atoms with Crippen molar-refractivity contribution in [3.8, 4) is 0 Å². The summed E-state index contributed by atoms with van der Waals surface area (Å²) >= 11 is 0. The van der Waals surface area contributed by atoms with Crippen LogP contribution in [-0.2, 0) is 0 Å². The van der Waals surface area contributed by atoms with Gasteiger partial charge in [0.15, 0.2) is 0 Å². The molecule has 0 nitrogen and oxygen atoms in total. The highest BCUT2D eigenvalue weighted by atomic mass is 32.1. The van der Waals surface area contributed by atoms with Crippen LogP contribution in [0.3, 0.4) is 0 Å². The zero-order valence-electron chi connectivity index (χ0n) is 6.73. The Morgan fingerprint density at radius 2 is 0.900 bits per heavy atom. The van der Waals surface area contributed by atoms with Crippen LogP contribution in [0, 0.1) is 20.8 Å². The SMILES string of the molecule is Cc1cc(C)cc(C)c1.S. The van der Waals surface area contributed by atoms with E-state index in [1.54, 1.807) is 0 Å². The van der Waals surface area contributed by atoms with Crippen LogP contribution < -0.4 is 0 Å². The van der Waals surface area contributed by atoms with Gasteiger partial charge in [-0.25, -0.2) is 0 Å². The molecule has 0 aliphatic heterocycles. The second-order valence-corrected chi connectivity index (χ2v) is 2.67. The summed E-state index contributed by atoms with van der Waals surface area (Å²) in [4.78, 5) is 0. The maximum atomic E-state index is 2.19. The first-order chi connectivity index (χ1) is 4.18. The van der Waals surface area contributed by atoms with Crippen molar-refractivity contribution in [2.45, 2.75) is 20.8 Å². The summed E-state index contributed by atoms with van der Waals surface area (Å²) < 4.78 is 0. The predicted molar refractivity (Wildman–Crippen MR) is 51.0 cm³/mol. The normalized spacial score (nSPS) is 8.70. The smallest absolute Gasteiger partial charge is 0.0398 e. The minimum absolute atomic E-state index is 0. The summed E-state index contributed by atoms with van der Waals surface area (Å²) in [6.07, 6.45) is 0. The van der Waals surface area contributed by atoms with Gasteiger partial charge in [-0.2, -0.15) is 13.5 Å². The van der Waals surface area contributed by atoms with Gasteiger partial charge >= 0.3 is 0 Å². The average Bonchev–Trinajstić information content (AvgIpc) is 1.59. The molecule has 0 radical (unpaired) electrons. The molecule has 0 unspecified atom stereocenters. The number of hydrogen-bond donors (Lipinski definition) is 0. The summed E-state index contributed by atoms with van der Waals surface area (Å²) in [6, 6.07) is 6.56. The third-order valence-electron chi connectivity index (χ3n) is 1.37. The van der Waals surface area contributed by atoms with Gasteiger partial charge in [0.1, 0.15) is 0 Å². The lowest BCUT2D eigenvalue weighted by molar-refractivity contribution is 1.32. The molecule has 0 heterocycles. The second kappa shape index (κ2) is 3.67. The predicted octanol–water partition coefficient (Wildman–Crippen LogP) is 2.72. The summed E-state index contributed by atoms with van der Waals surface area (Å²) in [7, 11) is 0. The van der Waals surface area contributed by atoms with Crippen LogP contribution in [0.25, 0.3) is 0 Å². The highest BCUT2D eigenvalue weighted by molar-refractivity contribution is 7.59. The summed E-state index contributed by atoms with van der Waals surface area (Å²) in [5, 5.41) is 0. The molecule has 0 aliphatic carbocycles. The molecule has 56 valence electrons. The summed E-state index contributed by atoms with van der Waals surface area (Å²) in [6.45, 7) is 6.38. The molecular formula is C9H14S. The Balaban J connectivity index is 0.000000810. The topological polar surface area (TPSA) is 0 Å². The fourth-order valence-corrected chi connectivity index (χ4v) is 1.20. The molecule has 1 heteroatoms. The molecule has 0 aliphatic rings. The van der Waals surface area contributed by atoms with Crippen molar-refractivity contribution in [2.75, 3.05) is 0 Å². The number of benzene rings is 1. The first kappa shape index (κ1) is 9.57. The monoisotopic (exact) mass is 154 g/mol. The molecule has 0 bridgehead atoms. The van der Waals surface area contributed by atoms with Crippen molar-refractivity contribution in [1.82, 2.24) is 0 Å². The average molecular weight is 154 g/mol. The zero-order valence-corrected chi connectivity index (χ0v) is 7.73. The van der Waals surface area contributed by atoms with Crippen molar-refractivity contribution in [3.63, 3.8) is 0 Å². The van der Waals surface area contributed by atoms with E-state index >= 15 is 0 Å². The fourth-order valence-electron chi connectivity index (χ4n) is 1.20. The van der Waals surface area contributed by atoms with E-state index in [2.05, 4.69) is 39.0 Å². The highest BCUT2D eigenvalue weighted by Crippen LogP contribution is 2.06. The van der Waals surface area contributed by atoms with Crippen LogP contribution in [0.4, 0.5) is 0 Å². The van der Waals surface area contributed by atoms with Gasteiger partial charge in [0.2, 0.25) is 0 Å². The van der Waals surface area contributed by atoms with Crippen molar-refractivity contribution in [1.29, 1.82) is 0 Å². The van der Waals surface area contributed by atoms with Gasteiger partial charge in [-0.1, -0.05) is 34.9 Å². The van der Waals surface area contributed by atoms with Crippen LogP contribution in [-0.4, -0.2) is 0 Å². The Hall–Kier alpha value is -0.430. The van der Waals surface area contributed by atoms with Gasteiger partial charge < -0.3 is 0 Å². The maximum absolute atomic E-state index is 2.19. The molecule has 0 N–H and O–H groups in total. The molecule has 0 fully saturated rings. The molecule has 0 amide bonds. The maximum Gasteiger partial charge on any atom is -0.0398 e. The third kappa shape index (κ3) is 2.44. The van der Waals surface area contributed by atoms with E-state index in [0.29, 0.717) is 0 Å². The lowest BCUT2D eigenvalue weighted by Crippen LogP contribution is -1.78. The molecule has 10 heavy (non-hydrogen) atoms. The molecule has 1 aromatic rings. The molecule has 0 spiro atoms. The zero-order chi connectivity index (χ0) is 6.85. The van der Waals surface area contributed by atoms with Crippen molar-refractivity contribution >= 4 is 13.5 Å². The van der Waals surface area contributed by atoms with Crippen LogP contribution in [0.1, 0.15) is 16.7 Å². The van der Waals surface area contributed by atoms with Gasteiger partial charge in [0.05, 0.1) is 0 Å².